The minimum atomic E-state index is 0.288. The second-order valence-electron chi connectivity index (χ2n) is 9.53. The zero-order valence-corrected chi connectivity index (χ0v) is 19.5. The molecule has 5 nitrogen and oxygen atoms in total. The van der Waals surface area contributed by atoms with Crippen LogP contribution in [0.25, 0.3) is 33.5 Å². The number of likely N-dealkylation sites (tertiary alicyclic amines) is 1. The normalized spacial score (nSPS) is 17.9. The Balaban J connectivity index is 1.35. The number of hydrogen-bond acceptors (Lipinski definition) is 3. The van der Waals surface area contributed by atoms with E-state index in [9.17, 15) is 4.79 Å². The molecule has 0 bridgehead atoms. The molecule has 0 unspecified atom stereocenters. The lowest BCUT2D eigenvalue weighted by Crippen LogP contribution is -2.30. The Morgan fingerprint density at radius 2 is 1.65 bits per heavy atom. The minimum Gasteiger partial charge on any atom is -0.494 e. The molecule has 1 atom stereocenters. The van der Waals surface area contributed by atoms with E-state index in [0.717, 1.165) is 67.1 Å². The molecule has 5 heteroatoms. The van der Waals surface area contributed by atoms with Crippen molar-refractivity contribution in [2.24, 2.45) is 11.8 Å². The molecular weight excluding hydrogens is 422 g/mol. The molecule has 0 N–H and O–H groups in total. The van der Waals surface area contributed by atoms with E-state index in [-0.39, 0.29) is 5.92 Å². The van der Waals surface area contributed by atoms with Crippen LogP contribution in [-0.2, 0) is 11.3 Å². The lowest BCUT2D eigenvalue weighted by Gasteiger charge is -2.18. The number of amides is 1. The van der Waals surface area contributed by atoms with Crippen molar-refractivity contribution in [2.75, 3.05) is 20.2 Å². The van der Waals surface area contributed by atoms with Crippen molar-refractivity contribution >= 4 is 16.9 Å². The Labute approximate surface area is 200 Å². The summed E-state index contributed by atoms with van der Waals surface area (Å²) >= 11 is 0. The summed E-state index contributed by atoms with van der Waals surface area (Å²) in [4.78, 5) is 19.7. The molecule has 3 aromatic carbocycles. The van der Waals surface area contributed by atoms with Gasteiger partial charge in [-0.15, -0.1) is 0 Å². The van der Waals surface area contributed by atoms with Gasteiger partial charge in [0.15, 0.2) is 0 Å². The number of para-hydroxylation sites is 1. The Hall–Kier alpha value is -3.60. The van der Waals surface area contributed by atoms with Crippen LogP contribution >= 0.6 is 0 Å². The van der Waals surface area contributed by atoms with Crippen molar-refractivity contribution in [1.82, 2.24) is 14.5 Å². The Kier molecular flexibility index (Phi) is 5.33. The first-order valence-corrected chi connectivity index (χ1v) is 12.2. The summed E-state index contributed by atoms with van der Waals surface area (Å²) in [7, 11) is 1.69. The van der Waals surface area contributed by atoms with E-state index in [1.807, 2.05) is 18.2 Å². The van der Waals surface area contributed by atoms with E-state index in [4.69, 9.17) is 9.72 Å². The van der Waals surface area contributed by atoms with Crippen molar-refractivity contribution < 1.29 is 9.53 Å². The SMILES string of the molecule is COc1cccc2c1nc(-c1ccc(-c3ccccc3)cc1)n2C[C@H]1CCN(C(=O)C2CC2)C1. The average molecular weight is 452 g/mol. The monoisotopic (exact) mass is 451 g/mol. The third-order valence-corrected chi connectivity index (χ3v) is 7.18. The van der Waals surface area contributed by atoms with E-state index in [1.54, 1.807) is 7.11 Å². The third-order valence-electron chi connectivity index (χ3n) is 7.18. The van der Waals surface area contributed by atoms with Gasteiger partial charge in [0.25, 0.3) is 0 Å². The maximum absolute atomic E-state index is 12.6. The van der Waals surface area contributed by atoms with Gasteiger partial charge in [0.05, 0.1) is 12.6 Å². The van der Waals surface area contributed by atoms with Crippen LogP contribution in [0.2, 0.25) is 0 Å². The number of aromatic nitrogens is 2. The summed E-state index contributed by atoms with van der Waals surface area (Å²) in [5.74, 6) is 2.81. The maximum atomic E-state index is 12.6. The highest BCUT2D eigenvalue weighted by Gasteiger charge is 2.36. The third kappa shape index (κ3) is 3.85. The standard InChI is InChI=1S/C29H29N3O2/c1-34-26-9-5-8-25-27(26)30-28(23-12-10-22(11-13-23)21-6-3-2-4-7-21)32(25)19-20-16-17-31(18-20)29(33)24-14-15-24/h2-13,20,24H,14-19H2,1H3/t20-/m0/s1. The number of rotatable bonds is 6. The zero-order valence-electron chi connectivity index (χ0n) is 19.5. The molecule has 1 aliphatic heterocycles. The number of fused-ring (bicyclic) bond motifs is 1. The highest BCUT2D eigenvalue weighted by Crippen LogP contribution is 2.35. The molecule has 0 spiro atoms. The smallest absolute Gasteiger partial charge is 0.225 e. The largest absolute Gasteiger partial charge is 0.494 e. The molecule has 1 saturated carbocycles. The summed E-state index contributed by atoms with van der Waals surface area (Å²) in [6.45, 7) is 2.55. The van der Waals surface area contributed by atoms with E-state index >= 15 is 0 Å². The second-order valence-corrected chi connectivity index (χ2v) is 9.53. The fourth-order valence-electron chi connectivity index (χ4n) is 5.16. The van der Waals surface area contributed by atoms with Crippen LogP contribution in [0, 0.1) is 11.8 Å². The van der Waals surface area contributed by atoms with Gasteiger partial charge >= 0.3 is 0 Å². The van der Waals surface area contributed by atoms with Crippen LogP contribution in [-0.4, -0.2) is 40.6 Å². The van der Waals surface area contributed by atoms with Crippen LogP contribution in [0.3, 0.4) is 0 Å². The number of benzene rings is 3. The second kappa shape index (κ2) is 8.64. The molecule has 1 aliphatic carbocycles. The van der Waals surface area contributed by atoms with Crippen molar-refractivity contribution in [1.29, 1.82) is 0 Å². The van der Waals surface area contributed by atoms with E-state index in [2.05, 4.69) is 64.1 Å². The number of hydrogen-bond donors (Lipinski definition) is 0. The highest BCUT2D eigenvalue weighted by atomic mass is 16.5. The van der Waals surface area contributed by atoms with Gasteiger partial charge in [-0.25, -0.2) is 4.98 Å². The summed E-state index contributed by atoms with van der Waals surface area (Å²) in [5.41, 5.74) is 5.44. The zero-order chi connectivity index (χ0) is 23.1. The van der Waals surface area contributed by atoms with Gasteiger partial charge in [-0.2, -0.15) is 0 Å². The Morgan fingerprint density at radius 1 is 0.912 bits per heavy atom. The van der Waals surface area contributed by atoms with Gasteiger partial charge < -0.3 is 14.2 Å². The summed E-state index contributed by atoms with van der Waals surface area (Å²) < 4.78 is 7.96. The van der Waals surface area contributed by atoms with Crippen LogP contribution < -0.4 is 4.74 Å². The predicted octanol–water partition coefficient (Wildman–Crippen LogP) is 5.64. The van der Waals surface area contributed by atoms with E-state index < -0.39 is 0 Å². The number of ether oxygens (including phenoxy) is 1. The lowest BCUT2D eigenvalue weighted by molar-refractivity contribution is -0.131. The first-order valence-electron chi connectivity index (χ1n) is 12.2. The number of carbonyl (C=O) groups is 1. The molecule has 6 rings (SSSR count). The van der Waals surface area contributed by atoms with Crippen LogP contribution in [0.5, 0.6) is 5.75 Å². The van der Waals surface area contributed by atoms with Gasteiger partial charge in [0, 0.05) is 31.1 Å². The quantitative estimate of drug-likeness (QED) is 0.381. The lowest BCUT2D eigenvalue weighted by atomic mass is 10.0. The number of carbonyl (C=O) groups excluding carboxylic acids is 1. The molecular formula is C29H29N3O2. The first kappa shape index (κ1) is 21.0. The van der Waals surface area contributed by atoms with Crippen LogP contribution in [0.1, 0.15) is 19.3 Å². The van der Waals surface area contributed by atoms with Gasteiger partial charge in [-0.05, 0) is 48.4 Å². The van der Waals surface area contributed by atoms with Gasteiger partial charge in [-0.1, -0.05) is 60.7 Å². The fraction of sp³-hybridized carbons (Fsp3) is 0.310. The van der Waals surface area contributed by atoms with Crippen molar-refractivity contribution in [3.63, 3.8) is 0 Å². The molecule has 0 radical (unpaired) electrons. The molecule has 1 saturated heterocycles. The van der Waals surface area contributed by atoms with Gasteiger partial charge in [0.2, 0.25) is 5.91 Å². The Bertz CT molecular complexity index is 1320. The molecule has 34 heavy (non-hydrogen) atoms. The Morgan fingerprint density at radius 3 is 2.38 bits per heavy atom. The summed E-state index contributed by atoms with van der Waals surface area (Å²) in [6.07, 6.45) is 3.17. The summed E-state index contributed by atoms with van der Waals surface area (Å²) in [6, 6.07) is 25.2. The molecule has 2 fully saturated rings. The predicted molar refractivity (Wildman–Crippen MR) is 135 cm³/mol. The molecule has 172 valence electrons. The van der Waals surface area contributed by atoms with Crippen LogP contribution in [0.4, 0.5) is 0 Å². The van der Waals surface area contributed by atoms with Crippen molar-refractivity contribution in [2.45, 2.75) is 25.8 Å². The number of imidazole rings is 1. The van der Waals surface area contributed by atoms with Gasteiger partial charge in [0.1, 0.15) is 17.1 Å². The highest BCUT2D eigenvalue weighted by molar-refractivity contribution is 5.86. The van der Waals surface area contributed by atoms with E-state index in [0.29, 0.717) is 11.8 Å². The van der Waals surface area contributed by atoms with E-state index in [1.165, 1.54) is 11.1 Å². The average Bonchev–Trinajstić information content (AvgIpc) is 3.53. The molecule has 1 aromatic heterocycles. The topological polar surface area (TPSA) is 47.4 Å². The van der Waals surface area contributed by atoms with Crippen LogP contribution in [0.15, 0.2) is 72.8 Å². The first-order chi connectivity index (χ1) is 16.7. The molecule has 1 amide bonds. The number of methoxy groups -OCH3 is 1. The van der Waals surface area contributed by atoms with Crippen molar-refractivity contribution in [3.8, 4) is 28.3 Å². The molecule has 2 heterocycles. The van der Waals surface area contributed by atoms with Crippen molar-refractivity contribution in [3.05, 3.63) is 72.8 Å². The maximum Gasteiger partial charge on any atom is 0.225 e. The number of nitrogens with zero attached hydrogens (tertiary/aromatic N) is 3. The minimum absolute atomic E-state index is 0.288. The fourth-order valence-corrected chi connectivity index (χ4v) is 5.16. The van der Waals surface area contributed by atoms with Gasteiger partial charge in [-0.3, -0.25) is 4.79 Å². The molecule has 4 aromatic rings. The summed E-state index contributed by atoms with van der Waals surface area (Å²) in [5, 5.41) is 0. The molecule has 2 aliphatic rings.